The van der Waals surface area contributed by atoms with Crippen LogP contribution in [0.1, 0.15) is 6.92 Å². The molecule has 0 aliphatic heterocycles. The van der Waals surface area contributed by atoms with Crippen LogP contribution in [0.25, 0.3) is 0 Å². The van der Waals surface area contributed by atoms with Gasteiger partial charge in [0.25, 0.3) is 0 Å². The summed E-state index contributed by atoms with van der Waals surface area (Å²) in [6.07, 6.45) is 0. The summed E-state index contributed by atoms with van der Waals surface area (Å²) >= 11 is 1.82. The molecule has 1 nitrogen and oxygen atoms in total. The second-order valence-corrected chi connectivity index (χ2v) is 2.80. The van der Waals surface area contributed by atoms with Gasteiger partial charge in [-0.1, -0.05) is 18.9 Å². The fourth-order valence-electron chi connectivity index (χ4n) is 0.258. The lowest BCUT2D eigenvalue weighted by atomic mass is 11.0. The third kappa shape index (κ3) is 4.31. The van der Waals surface area contributed by atoms with E-state index < -0.39 is 0 Å². The molecule has 0 fully saturated rings. The van der Waals surface area contributed by atoms with Crippen molar-refractivity contribution in [1.29, 1.82) is 0 Å². The van der Waals surface area contributed by atoms with E-state index in [9.17, 15) is 0 Å². The molecule has 0 amide bonds. The molecule has 0 aliphatic rings. The molecule has 0 aromatic heterocycles. The zero-order valence-electron chi connectivity index (χ0n) is 4.56. The number of hydrogen-bond donors (Lipinski definition) is 0. The second-order valence-electron chi connectivity index (χ2n) is 1.23. The number of hydrogen-bond acceptors (Lipinski definition) is 2. The van der Waals surface area contributed by atoms with Gasteiger partial charge in [-0.25, -0.2) is 0 Å². The Labute approximate surface area is 43.9 Å². The van der Waals surface area contributed by atoms with Gasteiger partial charge in [-0.05, 0) is 14.1 Å². The van der Waals surface area contributed by atoms with Crippen molar-refractivity contribution in [1.82, 2.24) is 4.31 Å². The van der Waals surface area contributed by atoms with E-state index in [0.717, 1.165) is 0 Å². The van der Waals surface area contributed by atoms with E-state index in [-0.39, 0.29) is 0 Å². The molecule has 0 bridgehead atoms. The maximum atomic E-state index is 2.14. The van der Waals surface area contributed by atoms with Gasteiger partial charge < -0.3 is 0 Å². The third-order valence-electron chi connectivity index (χ3n) is 0.387. The molecule has 0 saturated heterocycles. The van der Waals surface area contributed by atoms with E-state index in [2.05, 4.69) is 11.2 Å². The summed E-state index contributed by atoms with van der Waals surface area (Å²) in [4.78, 5) is 0. The molecule has 0 radical (unpaired) electrons. The molecule has 2 heteroatoms. The summed E-state index contributed by atoms with van der Waals surface area (Å²) in [6, 6.07) is 0. The minimum Gasteiger partial charge on any atom is -0.257 e. The van der Waals surface area contributed by atoms with Crippen LogP contribution in [0.3, 0.4) is 0 Å². The Balaban J connectivity index is 2.63. The zero-order valence-corrected chi connectivity index (χ0v) is 5.38. The smallest absolute Gasteiger partial charge is 0.00522 e. The summed E-state index contributed by atoms with van der Waals surface area (Å²) in [5.74, 6) is 1.17. The lowest BCUT2D eigenvalue weighted by Crippen LogP contribution is -1.98. The topological polar surface area (TPSA) is 3.24 Å². The predicted octanol–water partition coefficient (Wildman–Crippen LogP) is 1.22. The Morgan fingerprint density at radius 3 is 2.00 bits per heavy atom. The monoisotopic (exact) mass is 105 g/mol. The lowest BCUT2D eigenvalue weighted by Gasteiger charge is -2.02. The van der Waals surface area contributed by atoms with Gasteiger partial charge in [0, 0.05) is 5.75 Å². The first-order valence-electron chi connectivity index (χ1n) is 2.07. The van der Waals surface area contributed by atoms with Crippen molar-refractivity contribution >= 4 is 11.9 Å². The summed E-state index contributed by atoms with van der Waals surface area (Å²) in [7, 11) is 4.10. The molecule has 0 aliphatic carbocycles. The highest BCUT2D eigenvalue weighted by Crippen LogP contribution is 1.98. The minimum absolute atomic E-state index is 1.17. The summed E-state index contributed by atoms with van der Waals surface area (Å²) < 4.78 is 2.10. The minimum atomic E-state index is 1.17. The molecule has 0 unspecified atom stereocenters. The van der Waals surface area contributed by atoms with Gasteiger partial charge in [-0.15, -0.1) is 0 Å². The Morgan fingerprint density at radius 2 is 2.00 bits per heavy atom. The van der Waals surface area contributed by atoms with E-state index >= 15 is 0 Å². The molecule has 0 aromatic carbocycles. The van der Waals surface area contributed by atoms with Crippen molar-refractivity contribution in [3.63, 3.8) is 0 Å². The average Bonchev–Trinajstić information content (AvgIpc) is 1.35. The van der Waals surface area contributed by atoms with Crippen LogP contribution in [0.5, 0.6) is 0 Å². The van der Waals surface area contributed by atoms with Crippen molar-refractivity contribution in [2.75, 3.05) is 19.8 Å². The Morgan fingerprint density at radius 1 is 1.50 bits per heavy atom. The molecule has 0 atom stereocenters. The van der Waals surface area contributed by atoms with Crippen LogP contribution in [0.4, 0.5) is 0 Å². The lowest BCUT2D eigenvalue weighted by molar-refractivity contribution is 0.703. The van der Waals surface area contributed by atoms with Gasteiger partial charge in [-0.2, -0.15) is 0 Å². The Kier molecular flexibility index (Phi) is 3.68. The van der Waals surface area contributed by atoms with Crippen LogP contribution in [-0.4, -0.2) is 24.2 Å². The molecule has 0 saturated carbocycles. The van der Waals surface area contributed by atoms with Crippen molar-refractivity contribution < 1.29 is 0 Å². The van der Waals surface area contributed by atoms with E-state index in [0.29, 0.717) is 0 Å². The molecule has 0 heterocycles. The van der Waals surface area contributed by atoms with Crippen LogP contribution in [0.15, 0.2) is 0 Å². The Bertz CT molecular complexity index is 28.7. The van der Waals surface area contributed by atoms with Crippen molar-refractivity contribution in [3.8, 4) is 0 Å². The summed E-state index contributed by atoms with van der Waals surface area (Å²) in [5, 5.41) is 0. The van der Waals surface area contributed by atoms with Crippen molar-refractivity contribution in [2.45, 2.75) is 6.92 Å². The van der Waals surface area contributed by atoms with E-state index in [1.165, 1.54) is 5.75 Å². The number of nitrogens with zero attached hydrogens (tertiary/aromatic N) is 1. The highest BCUT2D eigenvalue weighted by molar-refractivity contribution is 7.96. The normalized spacial score (nSPS) is 10.0. The van der Waals surface area contributed by atoms with Crippen LogP contribution in [-0.2, 0) is 0 Å². The maximum Gasteiger partial charge on any atom is 0.00522 e. The first-order chi connectivity index (χ1) is 2.77. The van der Waals surface area contributed by atoms with E-state index in [4.69, 9.17) is 0 Å². The molecular weight excluding hydrogens is 94.1 g/mol. The molecular formula is C4H11NS. The van der Waals surface area contributed by atoms with E-state index in [1.54, 1.807) is 0 Å². The molecule has 6 heavy (non-hydrogen) atoms. The summed E-state index contributed by atoms with van der Waals surface area (Å²) in [5.41, 5.74) is 0. The molecule has 0 spiro atoms. The van der Waals surface area contributed by atoms with Crippen LogP contribution in [0, 0.1) is 0 Å². The molecule has 0 rings (SSSR count). The SMILES string of the molecule is CCSN(C)C. The molecule has 0 N–H and O–H groups in total. The third-order valence-corrected chi connectivity index (χ3v) is 1.16. The van der Waals surface area contributed by atoms with Crippen molar-refractivity contribution in [3.05, 3.63) is 0 Å². The number of rotatable bonds is 2. The standard InChI is InChI=1S/C4H11NS/c1-4-6-5(2)3/h4H2,1-3H3. The fraction of sp³-hybridized carbons (Fsp3) is 1.00. The zero-order chi connectivity index (χ0) is 4.99. The quantitative estimate of drug-likeness (QED) is 0.486. The first-order valence-corrected chi connectivity index (χ1v) is 3.02. The second kappa shape index (κ2) is 3.50. The fourth-order valence-corrected chi connectivity index (χ4v) is 0.775. The van der Waals surface area contributed by atoms with Crippen LogP contribution in [0.2, 0.25) is 0 Å². The summed E-state index contributed by atoms with van der Waals surface area (Å²) in [6.45, 7) is 2.14. The van der Waals surface area contributed by atoms with Gasteiger partial charge in [-0.3, -0.25) is 4.31 Å². The van der Waals surface area contributed by atoms with Gasteiger partial charge >= 0.3 is 0 Å². The van der Waals surface area contributed by atoms with Gasteiger partial charge in [0.2, 0.25) is 0 Å². The van der Waals surface area contributed by atoms with E-state index in [1.807, 2.05) is 26.0 Å². The molecule has 0 aromatic rings. The maximum absolute atomic E-state index is 2.14. The highest BCUT2D eigenvalue weighted by Gasteiger charge is 1.79. The highest BCUT2D eigenvalue weighted by atomic mass is 32.2. The van der Waals surface area contributed by atoms with Crippen molar-refractivity contribution in [2.24, 2.45) is 0 Å². The first kappa shape index (κ1) is 6.31. The largest absolute Gasteiger partial charge is 0.257 e. The van der Waals surface area contributed by atoms with Gasteiger partial charge in [0.05, 0.1) is 0 Å². The Hall–Kier alpha value is 0.310. The van der Waals surface area contributed by atoms with Gasteiger partial charge in [0.15, 0.2) is 0 Å². The van der Waals surface area contributed by atoms with Gasteiger partial charge in [0.1, 0.15) is 0 Å². The predicted molar refractivity (Wildman–Crippen MR) is 31.8 cm³/mol. The average molecular weight is 105 g/mol. The van der Waals surface area contributed by atoms with Crippen LogP contribution >= 0.6 is 11.9 Å². The molecule has 38 valence electrons. The van der Waals surface area contributed by atoms with Crippen LogP contribution < -0.4 is 0 Å².